The van der Waals surface area contributed by atoms with E-state index in [9.17, 15) is 18.0 Å². The van der Waals surface area contributed by atoms with E-state index in [4.69, 9.17) is 14.2 Å². The fraction of sp³-hybridized carbons (Fsp3) is 0.429. The Hall–Kier alpha value is -4.25. The molecule has 0 bridgehead atoms. The number of aryl methyl sites for hydroxylation is 1. The van der Waals surface area contributed by atoms with Crippen molar-refractivity contribution >= 4 is 27.5 Å². The summed E-state index contributed by atoms with van der Waals surface area (Å²) in [5, 5.41) is 3.17. The molecule has 46 heavy (non-hydrogen) atoms. The van der Waals surface area contributed by atoms with Crippen LogP contribution in [-0.2, 0) is 26.2 Å². The molecule has 11 heteroatoms. The fourth-order valence-corrected chi connectivity index (χ4v) is 7.17. The fourth-order valence-electron chi connectivity index (χ4n) is 5.74. The summed E-state index contributed by atoms with van der Waals surface area (Å²) in [7, 11) is 0.192. The Kier molecular flexibility index (Phi) is 11.9. The first-order chi connectivity index (χ1) is 22.1. The molecule has 0 aliphatic heterocycles. The highest BCUT2D eigenvalue weighted by molar-refractivity contribution is 7.92. The third-order valence-corrected chi connectivity index (χ3v) is 10.2. The molecule has 0 aromatic heterocycles. The van der Waals surface area contributed by atoms with Crippen LogP contribution in [0, 0.1) is 6.92 Å². The molecule has 0 heterocycles. The number of anilines is 1. The molecule has 0 saturated heterocycles. The summed E-state index contributed by atoms with van der Waals surface area (Å²) >= 11 is 0. The van der Waals surface area contributed by atoms with Gasteiger partial charge in [0.1, 0.15) is 18.3 Å². The van der Waals surface area contributed by atoms with Crippen molar-refractivity contribution < 1.29 is 32.2 Å². The number of benzene rings is 3. The van der Waals surface area contributed by atoms with Gasteiger partial charge in [-0.1, -0.05) is 56.0 Å². The molecule has 3 aromatic carbocycles. The highest BCUT2D eigenvalue weighted by Crippen LogP contribution is 2.32. The van der Waals surface area contributed by atoms with Crippen LogP contribution in [-0.4, -0.2) is 65.1 Å². The molecule has 4 rings (SSSR count). The third kappa shape index (κ3) is 8.31. The Bertz CT molecular complexity index is 1570. The highest BCUT2D eigenvalue weighted by Gasteiger charge is 2.35. The molecule has 10 nitrogen and oxygen atoms in total. The molecule has 0 spiro atoms. The number of methoxy groups -OCH3 is 3. The van der Waals surface area contributed by atoms with E-state index in [0.29, 0.717) is 23.6 Å². The van der Waals surface area contributed by atoms with Gasteiger partial charge in [-0.15, -0.1) is 0 Å². The zero-order valence-corrected chi connectivity index (χ0v) is 28.1. The van der Waals surface area contributed by atoms with Gasteiger partial charge in [-0.2, -0.15) is 0 Å². The maximum Gasteiger partial charge on any atom is 0.264 e. The van der Waals surface area contributed by atoms with Gasteiger partial charge in [0, 0.05) is 18.7 Å². The normalized spacial score (nSPS) is 14.2. The van der Waals surface area contributed by atoms with Crippen LogP contribution in [0.3, 0.4) is 0 Å². The predicted molar refractivity (Wildman–Crippen MR) is 178 cm³/mol. The number of hydrogen-bond acceptors (Lipinski definition) is 7. The zero-order valence-electron chi connectivity index (χ0n) is 27.3. The lowest BCUT2D eigenvalue weighted by molar-refractivity contribution is -0.140. The monoisotopic (exact) mass is 651 g/mol. The number of ether oxygens (including phenoxy) is 3. The number of carbonyl (C=O) groups excluding carboxylic acids is 2. The van der Waals surface area contributed by atoms with E-state index in [1.54, 1.807) is 43.5 Å². The minimum atomic E-state index is -4.28. The van der Waals surface area contributed by atoms with Gasteiger partial charge in [0.15, 0.2) is 11.5 Å². The van der Waals surface area contributed by atoms with E-state index in [-0.39, 0.29) is 29.1 Å². The van der Waals surface area contributed by atoms with Crippen LogP contribution in [0.5, 0.6) is 17.2 Å². The zero-order chi connectivity index (χ0) is 33.3. The first-order valence-corrected chi connectivity index (χ1v) is 17.1. The van der Waals surface area contributed by atoms with E-state index in [0.717, 1.165) is 47.5 Å². The molecule has 1 saturated carbocycles. The molecule has 1 N–H and O–H groups in total. The highest BCUT2D eigenvalue weighted by atomic mass is 32.2. The average molecular weight is 652 g/mol. The van der Waals surface area contributed by atoms with Gasteiger partial charge < -0.3 is 24.4 Å². The van der Waals surface area contributed by atoms with E-state index in [2.05, 4.69) is 5.32 Å². The molecule has 2 amide bonds. The summed E-state index contributed by atoms with van der Waals surface area (Å²) in [5.74, 6) is 0.535. The smallest absolute Gasteiger partial charge is 0.264 e. The Morgan fingerprint density at radius 3 is 2.11 bits per heavy atom. The summed E-state index contributed by atoms with van der Waals surface area (Å²) in [6, 6.07) is 17.7. The van der Waals surface area contributed by atoms with Crippen molar-refractivity contribution in [2.75, 3.05) is 32.2 Å². The Labute approximate surface area is 272 Å². The quantitative estimate of drug-likeness (QED) is 0.246. The second-order valence-corrected chi connectivity index (χ2v) is 13.4. The van der Waals surface area contributed by atoms with Crippen LogP contribution >= 0.6 is 0 Å². The van der Waals surface area contributed by atoms with Gasteiger partial charge >= 0.3 is 0 Å². The van der Waals surface area contributed by atoms with Crippen molar-refractivity contribution in [1.82, 2.24) is 10.2 Å². The van der Waals surface area contributed by atoms with Crippen LogP contribution in [0.15, 0.2) is 71.6 Å². The largest absolute Gasteiger partial charge is 0.497 e. The average Bonchev–Trinajstić information content (AvgIpc) is 3.07. The maximum absolute atomic E-state index is 14.4. The maximum atomic E-state index is 14.4. The second kappa shape index (κ2) is 15.8. The lowest BCUT2D eigenvalue weighted by atomic mass is 9.95. The molecule has 1 fully saturated rings. The van der Waals surface area contributed by atoms with E-state index >= 15 is 0 Å². The van der Waals surface area contributed by atoms with Crippen LogP contribution in [0.1, 0.15) is 56.6 Å². The molecular weight excluding hydrogens is 606 g/mol. The summed E-state index contributed by atoms with van der Waals surface area (Å²) in [6.07, 6.45) is 5.41. The minimum absolute atomic E-state index is 0.0581. The van der Waals surface area contributed by atoms with Crippen LogP contribution < -0.4 is 23.8 Å². The molecule has 1 aliphatic carbocycles. The van der Waals surface area contributed by atoms with Crippen LogP contribution in [0.25, 0.3) is 0 Å². The van der Waals surface area contributed by atoms with Gasteiger partial charge in [-0.05, 0) is 68.1 Å². The number of nitrogens with zero attached hydrogens (tertiary/aromatic N) is 2. The molecule has 0 radical (unpaired) electrons. The van der Waals surface area contributed by atoms with Gasteiger partial charge in [0.25, 0.3) is 10.0 Å². The number of hydrogen-bond donors (Lipinski definition) is 1. The van der Waals surface area contributed by atoms with Crippen molar-refractivity contribution in [2.45, 2.75) is 75.9 Å². The van der Waals surface area contributed by atoms with Crippen molar-refractivity contribution in [3.63, 3.8) is 0 Å². The molecule has 1 atom stereocenters. The van der Waals surface area contributed by atoms with Crippen LogP contribution in [0.4, 0.5) is 5.69 Å². The number of nitrogens with one attached hydrogen (secondary N) is 1. The number of rotatable bonds is 14. The van der Waals surface area contributed by atoms with Gasteiger partial charge in [0.2, 0.25) is 11.8 Å². The summed E-state index contributed by atoms with van der Waals surface area (Å²) in [5.41, 5.74) is 2.03. The SMILES string of the molecule is CCC(C(=O)NC1CCCCC1)N(Cc1ccc(OC)cc1)C(=O)CN(c1ccc(C)cc1)S(=O)(=O)c1ccc(OC)c(OC)c1. The second-order valence-electron chi connectivity index (χ2n) is 11.5. The Morgan fingerprint density at radius 2 is 1.52 bits per heavy atom. The first kappa shape index (κ1) is 34.6. The van der Waals surface area contributed by atoms with Crippen molar-refractivity contribution in [3.8, 4) is 17.2 Å². The number of carbonyl (C=O) groups is 2. The third-order valence-electron chi connectivity index (χ3n) is 8.39. The van der Waals surface area contributed by atoms with Crippen molar-refractivity contribution in [1.29, 1.82) is 0 Å². The molecule has 1 unspecified atom stereocenters. The van der Waals surface area contributed by atoms with Gasteiger partial charge in [-0.25, -0.2) is 8.42 Å². The molecule has 3 aromatic rings. The molecular formula is C35H45N3O7S. The standard InChI is InChI=1S/C35H45N3O7S/c1-6-31(35(40)36-27-10-8-7-9-11-27)37(23-26-14-18-29(43-3)19-15-26)34(39)24-38(28-16-12-25(2)13-17-28)46(41,42)30-20-21-32(44-4)33(22-30)45-5/h12-22,27,31H,6-11,23-24H2,1-5H3,(H,36,40). The summed E-state index contributed by atoms with van der Waals surface area (Å²) in [6.45, 7) is 3.34. The Balaban J connectivity index is 1.73. The van der Waals surface area contributed by atoms with Gasteiger partial charge in [0.05, 0.1) is 31.9 Å². The topological polar surface area (TPSA) is 114 Å². The van der Waals surface area contributed by atoms with Crippen molar-refractivity contribution in [2.24, 2.45) is 0 Å². The van der Waals surface area contributed by atoms with Gasteiger partial charge in [-0.3, -0.25) is 13.9 Å². The lowest BCUT2D eigenvalue weighted by Crippen LogP contribution is -2.54. The Morgan fingerprint density at radius 1 is 0.870 bits per heavy atom. The predicted octanol–water partition coefficient (Wildman–Crippen LogP) is 5.47. The van der Waals surface area contributed by atoms with E-state index < -0.39 is 28.5 Å². The minimum Gasteiger partial charge on any atom is -0.497 e. The number of sulfonamides is 1. The number of amides is 2. The lowest BCUT2D eigenvalue weighted by Gasteiger charge is -2.34. The van der Waals surface area contributed by atoms with E-state index in [1.807, 2.05) is 26.0 Å². The van der Waals surface area contributed by atoms with Crippen LogP contribution in [0.2, 0.25) is 0 Å². The molecule has 248 valence electrons. The van der Waals surface area contributed by atoms with Crippen molar-refractivity contribution in [3.05, 3.63) is 77.9 Å². The summed E-state index contributed by atoms with van der Waals surface area (Å²) in [4.78, 5) is 29.6. The molecule has 1 aliphatic rings. The first-order valence-electron chi connectivity index (χ1n) is 15.7. The summed E-state index contributed by atoms with van der Waals surface area (Å²) < 4.78 is 45.6. The van der Waals surface area contributed by atoms with E-state index in [1.165, 1.54) is 37.3 Å².